The van der Waals surface area contributed by atoms with Crippen LogP contribution in [0.1, 0.15) is 52.9 Å². The molecule has 0 saturated heterocycles. The number of nitrogens with one attached hydrogen (secondary N) is 2. The van der Waals surface area contributed by atoms with E-state index in [1.54, 1.807) is 19.1 Å². The van der Waals surface area contributed by atoms with E-state index in [9.17, 15) is 14.4 Å². The predicted octanol–water partition coefficient (Wildman–Crippen LogP) is 4.99. The number of amides is 2. The zero-order chi connectivity index (χ0) is 24.2. The number of carbonyl (C=O) groups excluding carboxylic acids is 2. The Morgan fingerprint density at radius 2 is 2.06 bits per heavy atom. The highest BCUT2D eigenvalue weighted by Crippen LogP contribution is 2.27. The first-order valence-corrected chi connectivity index (χ1v) is 12.5. The van der Waals surface area contributed by atoms with Gasteiger partial charge in [-0.3, -0.25) is 19.0 Å². The van der Waals surface area contributed by atoms with Crippen molar-refractivity contribution >= 4 is 50.7 Å². The van der Waals surface area contributed by atoms with Crippen LogP contribution >= 0.6 is 22.9 Å². The number of thiophene rings is 1. The lowest BCUT2D eigenvalue weighted by atomic mass is 9.97. The normalized spacial score (nSPS) is 13.6. The Morgan fingerprint density at radius 3 is 2.79 bits per heavy atom. The van der Waals surface area contributed by atoms with Crippen molar-refractivity contribution in [3.05, 3.63) is 67.6 Å². The molecule has 2 heterocycles. The Morgan fingerprint density at radius 1 is 1.24 bits per heavy atom. The van der Waals surface area contributed by atoms with Gasteiger partial charge in [-0.15, -0.1) is 11.3 Å². The van der Waals surface area contributed by atoms with Crippen LogP contribution in [0, 0.1) is 13.8 Å². The zero-order valence-electron chi connectivity index (χ0n) is 19.2. The van der Waals surface area contributed by atoms with Gasteiger partial charge in [-0.25, -0.2) is 4.98 Å². The van der Waals surface area contributed by atoms with Gasteiger partial charge in [-0.1, -0.05) is 29.3 Å². The molecule has 0 fully saturated rings. The third kappa shape index (κ3) is 5.39. The van der Waals surface area contributed by atoms with E-state index in [1.807, 2.05) is 13.0 Å². The van der Waals surface area contributed by atoms with E-state index >= 15 is 0 Å². The largest absolute Gasteiger partial charge is 0.351 e. The van der Waals surface area contributed by atoms with E-state index in [1.165, 1.54) is 40.6 Å². The molecule has 2 aromatic heterocycles. The Bertz CT molecular complexity index is 1340. The number of fused-ring (bicyclic) bond motifs is 1. The number of rotatable bonds is 7. The molecule has 0 saturated carbocycles. The molecular weight excluding hydrogens is 472 g/mol. The van der Waals surface area contributed by atoms with Gasteiger partial charge >= 0.3 is 0 Å². The Labute approximate surface area is 206 Å². The van der Waals surface area contributed by atoms with Crippen LogP contribution in [0.25, 0.3) is 10.2 Å². The van der Waals surface area contributed by atoms with Crippen LogP contribution in [0.3, 0.4) is 0 Å². The summed E-state index contributed by atoms with van der Waals surface area (Å²) >= 11 is 7.31. The van der Waals surface area contributed by atoms with Gasteiger partial charge in [0.25, 0.3) is 11.5 Å². The first-order valence-electron chi connectivity index (χ1n) is 11.3. The maximum Gasteiger partial charge on any atom is 0.262 e. The van der Waals surface area contributed by atoms with Crippen molar-refractivity contribution in [2.45, 2.75) is 52.5 Å². The number of carbonyl (C=O) groups is 2. The molecule has 1 aliphatic rings. The molecule has 34 heavy (non-hydrogen) atoms. The Hall–Kier alpha value is -2.97. The van der Waals surface area contributed by atoms with Crippen molar-refractivity contribution in [3.8, 4) is 0 Å². The van der Waals surface area contributed by atoms with Crippen molar-refractivity contribution in [2.24, 2.45) is 0 Å². The minimum atomic E-state index is -0.369. The maximum atomic E-state index is 13.1. The average molecular weight is 499 g/mol. The molecule has 178 valence electrons. The van der Waals surface area contributed by atoms with Crippen molar-refractivity contribution in [3.63, 3.8) is 0 Å². The summed E-state index contributed by atoms with van der Waals surface area (Å²) in [6, 6.07) is 5.23. The summed E-state index contributed by atoms with van der Waals surface area (Å²) in [4.78, 5) is 43.7. The molecule has 9 heteroatoms. The summed E-state index contributed by atoms with van der Waals surface area (Å²) < 4.78 is 1.25. The van der Waals surface area contributed by atoms with Crippen molar-refractivity contribution in [2.75, 3.05) is 11.9 Å². The summed E-state index contributed by atoms with van der Waals surface area (Å²) in [6.45, 7) is 4.00. The van der Waals surface area contributed by atoms with Gasteiger partial charge in [0.2, 0.25) is 5.91 Å². The van der Waals surface area contributed by atoms with Gasteiger partial charge in [-0.05, 0) is 69.2 Å². The fourth-order valence-electron chi connectivity index (χ4n) is 4.06. The lowest BCUT2D eigenvalue weighted by molar-refractivity contribution is -0.116. The zero-order valence-corrected chi connectivity index (χ0v) is 20.8. The highest BCUT2D eigenvalue weighted by atomic mass is 35.5. The lowest BCUT2D eigenvalue weighted by Gasteiger charge is -2.12. The van der Waals surface area contributed by atoms with E-state index in [0.29, 0.717) is 37.9 Å². The van der Waals surface area contributed by atoms with E-state index < -0.39 is 0 Å². The number of hydrogen-bond acceptors (Lipinski definition) is 5. The van der Waals surface area contributed by atoms with Gasteiger partial charge in [0, 0.05) is 17.3 Å². The molecule has 0 bridgehead atoms. The number of benzene rings is 1. The summed E-state index contributed by atoms with van der Waals surface area (Å²) in [7, 11) is 0. The molecule has 0 aliphatic heterocycles. The van der Waals surface area contributed by atoms with Gasteiger partial charge in [0.15, 0.2) is 0 Å². The molecule has 1 aromatic carbocycles. The third-order valence-electron chi connectivity index (χ3n) is 6.01. The van der Waals surface area contributed by atoms with Crippen LogP contribution in [0.4, 0.5) is 5.69 Å². The molecule has 3 aromatic rings. The molecule has 4 rings (SSSR count). The number of nitrogens with zero attached hydrogens (tertiary/aromatic N) is 2. The van der Waals surface area contributed by atoms with Crippen LogP contribution in [0.2, 0.25) is 5.02 Å². The van der Waals surface area contributed by atoms with Crippen LogP contribution in [0.5, 0.6) is 0 Å². The molecule has 2 amide bonds. The Kier molecular flexibility index (Phi) is 7.48. The SMILES string of the molecule is Cc1ccc(NC(=O)Cn2cnc3sc(C(=O)NCCC4=CCCCC4)c(C)c3c2=O)cc1Cl. The van der Waals surface area contributed by atoms with Gasteiger partial charge in [0.1, 0.15) is 11.4 Å². The Balaban J connectivity index is 1.46. The maximum absolute atomic E-state index is 13.1. The third-order valence-corrected chi connectivity index (χ3v) is 7.62. The monoisotopic (exact) mass is 498 g/mol. The van der Waals surface area contributed by atoms with Gasteiger partial charge in [-0.2, -0.15) is 0 Å². The second-order valence-electron chi connectivity index (χ2n) is 8.54. The average Bonchev–Trinajstić information content (AvgIpc) is 3.16. The summed E-state index contributed by atoms with van der Waals surface area (Å²) in [5.74, 6) is -0.567. The van der Waals surface area contributed by atoms with Crippen LogP contribution in [-0.4, -0.2) is 27.9 Å². The second kappa shape index (κ2) is 10.5. The first-order chi connectivity index (χ1) is 16.3. The molecule has 0 unspecified atom stereocenters. The molecule has 0 atom stereocenters. The minimum absolute atomic E-state index is 0.195. The van der Waals surface area contributed by atoms with Crippen molar-refractivity contribution in [1.82, 2.24) is 14.9 Å². The van der Waals surface area contributed by atoms with Gasteiger partial charge in [0.05, 0.1) is 16.6 Å². The second-order valence-corrected chi connectivity index (χ2v) is 9.95. The van der Waals surface area contributed by atoms with Gasteiger partial charge < -0.3 is 10.6 Å². The molecule has 2 N–H and O–H groups in total. The van der Waals surface area contributed by atoms with E-state index in [2.05, 4.69) is 21.7 Å². The number of aromatic nitrogens is 2. The smallest absolute Gasteiger partial charge is 0.262 e. The first kappa shape index (κ1) is 24.2. The van der Waals surface area contributed by atoms with Crippen LogP contribution in [0.15, 0.2) is 41.0 Å². The van der Waals surface area contributed by atoms with E-state index in [4.69, 9.17) is 11.6 Å². The van der Waals surface area contributed by atoms with Crippen molar-refractivity contribution < 1.29 is 9.59 Å². The molecule has 1 aliphatic carbocycles. The predicted molar refractivity (Wildman–Crippen MR) is 137 cm³/mol. The lowest BCUT2D eigenvalue weighted by Crippen LogP contribution is -2.28. The number of aryl methyl sites for hydroxylation is 2. The topological polar surface area (TPSA) is 93.1 Å². The standard InChI is InChI=1S/C25H27ClN4O3S/c1-15-8-9-18(12-19(15)26)29-20(31)13-30-14-28-24-21(25(30)33)16(2)22(34-24)23(32)27-11-10-17-6-4-3-5-7-17/h6,8-9,12,14H,3-5,7,10-11,13H2,1-2H3,(H,27,32)(H,29,31). The fraction of sp³-hybridized carbons (Fsp3) is 0.360. The summed E-state index contributed by atoms with van der Waals surface area (Å²) in [5.41, 5.74) is 3.10. The summed E-state index contributed by atoms with van der Waals surface area (Å²) in [5, 5.41) is 6.64. The quantitative estimate of drug-likeness (QED) is 0.449. The minimum Gasteiger partial charge on any atom is -0.351 e. The molecule has 0 spiro atoms. The van der Waals surface area contributed by atoms with Crippen LogP contribution < -0.4 is 16.2 Å². The van der Waals surface area contributed by atoms with E-state index in [0.717, 1.165) is 24.8 Å². The number of hydrogen-bond donors (Lipinski definition) is 2. The summed E-state index contributed by atoms with van der Waals surface area (Å²) in [6.07, 6.45) is 9.14. The molecule has 7 nitrogen and oxygen atoms in total. The van der Waals surface area contributed by atoms with Crippen molar-refractivity contribution in [1.29, 1.82) is 0 Å². The number of anilines is 1. The van der Waals surface area contributed by atoms with Crippen LogP contribution in [-0.2, 0) is 11.3 Å². The highest BCUT2D eigenvalue weighted by Gasteiger charge is 2.20. The fourth-order valence-corrected chi connectivity index (χ4v) is 5.30. The number of allylic oxidation sites excluding steroid dienone is 1. The van der Waals surface area contributed by atoms with E-state index in [-0.39, 0.29) is 23.9 Å². The number of halogens is 1. The molecule has 0 radical (unpaired) electrons. The molecular formula is C25H27ClN4O3S. The highest BCUT2D eigenvalue weighted by molar-refractivity contribution is 7.20.